The smallest absolute Gasteiger partial charge is 0.0674 e. The quantitative estimate of drug-likeness (QED) is 0.630. The Balaban J connectivity index is 3.07. The largest absolute Gasteiger partial charge is 0.288 e. The second kappa shape index (κ2) is 4.94. The van der Waals surface area contributed by atoms with E-state index in [4.69, 9.17) is 0 Å². The van der Waals surface area contributed by atoms with E-state index >= 15 is 0 Å². The van der Waals surface area contributed by atoms with Gasteiger partial charge in [-0.1, -0.05) is 45.1 Å². The van der Waals surface area contributed by atoms with Crippen LogP contribution in [-0.4, -0.2) is 12.8 Å². The molecule has 1 aliphatic carbocycles. The van der Waals surface area contributed by atoms with Crippen LogP contribution in [0.4, 0.5) is 0 Å². The van der Waals surface area contributed by atoms with Crippen molar-refractivity contribution in [3.8, 4) is 0 Å². The van der Waals surface area contributed by atoms with Crippen molar-refractivity contribution in [2.75, 3.05) is 7.05 Å². The molecule has 14 heavy (non-hydrogen) atoms. The molecule has 0 saturated carbocycles. The summed E-state index contributed by atoms with van der Waals surface area (Å²) in [5.41, 5.74) is 3.76. The van der Waals surface area contributed by atoms with Gasteiger partial charge in [0.15, 0.2) is 0 Å². The molecule has 0 aliphatic heterocycles. The number of hydrogen-bond donors (Lipinski definition) is 0. The molecule has 0 aromatic rings. The maximum atomic E-state index is 4.38. The van der Waals surface area contributed by atoms with Crippen molar-refractivity contribution in [2.45, 2.75) is 27.2 Å². The van der Waals surface area contributed by atoms with Gasteiger partial charge in [0.25, 0.3) is 0 Å². The molecule has 0 bridgehead atoms. The minimum atomic E-state index is 0.541. The van der Waals surface area contributed by atoms with Crippen LogP contribution in [0.15, 0.2) is 40.4 Å². The highest BCUT2D eigenvalue weighted by molar-refractivity contribution is 6.15. The number of aliphatic imine (C=N–C) groups is 1. The molecule has 1 rings (SSSR count). The first-order valence-electron chi connectivity index (χ1n) is 5.26. The SMILES string of the molecule is CC/C=C1/C=CC=C(C(C)C)C1=NC. The van der Waals surface area contributed by atoms with Crippen molar-refractivity contribution in [1.82, 2.24) is 0 Å². The van der Waals surface area contributed by atoms with Gasteiger partial charge in [-0.15, -0.1) is 0 Å². The fraction of sp³-hybridized carbons (Fsp3) is 0.462. The van der Waals surface area contributed by atoms with Crippen LogP contribution in [0, 0.1) is 5.92 Å². The van der Waals surface area contributed by atoms with Crippen molar-refractivity contribution in [3.05, 3.63) is 35.5 Å². The van der Waals surface area contributed by atoms with E-state index in [1.165, 1.54) is 11.1 Å². The van der Waals surface area contributed by atoms with Gasteiger partial charge in [0.1, 0.15) is 0 Å². The topological polar surface area (TPSA) is 12.4 Å². The zero-order valence-electron chi connectivity index (χ0n) is 9.54. The van der Waals surface area contributed by atoms with Gasteiger partial charge in [-0.2, -0.15) is 0 Å². The zero-order valence-corrected chi connectivity index (χ0v) is 9.54. The maximum absolute atomic E-state index is 4.38. The van der Waals surface area contributed by atoms with Crippen LogP contribution in [0.3, 0.4) is 0 Å². The van der Waals surface area contributed by atoms with Crippen LogP contribution in [0.25, 0.3) is 0 Å². The molecular weight excluding hydrogens is 170 g/mol. The lowest BCUT2D eigenvalue weighted by Gasteiger charge is -2.17. The predicted octanol–water partition coefficient (Wildman–Crippen LogP) is 3.55. The molecule has 1 heteroatoms. The average Bonchev–Trinajstić information content (AvgIpc) is 2.18. The molecule has 0 radical (unpaired) electrons. The van der Waals surface area contributed by atoms with Crippen molar-refractivity contribution in [2.24, 2.45) is 10.9 Å². The maximum Gasteiger partial charge on any atom is 0.0674 e. The van der Waals surface area contributed by atoms with Crippen LogP contribution in [0.1, 0.15) is 27.2 Å². The Labute approximate surface area is 86.9 Å². The highest BCUT2D eigenvalue weighted by Crippen LogP contribution is 2.22. The minimum absolute atomic E-state index is 0.541. The molecule has 0 aromatic carbocycles. The van der Waals surface area contributed by atoms with E-state index in [1.807, 2.05) is 7.05 Å². The van der Waals surface area contributed by atoms with Crippen LogP contribution in [-0.2, 0) is 0 Å². The number of nitrogens with zero attached hydrogens (tertiary/aromatic N) is 1. The molecule has 1 aliphatic rings. The van der Waals surface area contributed by atoms with Crippen LogP contribution in [0.5, 0.6) is 0 Å². The molecule has 0 aromatic heterocycles. The van der Waals surface area contributed by atoms with Crippen molar-refractivity contribution in [3.63, 3.8) is 0 Å². The molecule has 1 nitrogen and oxygen atoms in total. The van der Waals surface area contributed by atoms with Gasteiger partial charge in [-0.3, -0.25) is 4.99 Å². The molecule has 0 saturated heterocycles. The summed E-state index contributed by atoms with van der Waals surface area (Å²) in [5, 5.41) is 0. The van der Waals surface area contributed by atoms with Crippen molar-refractivity contribution >= 4 is 5.71 Å². The van der Waals surface area contributed by atoms with E-state index < -0.39 is 0 Å². The molecule has 0 heterocycles. The van der Waals surface area contributed by atoms with Crippen molar-refractivity contribution < 1.29 is 0 Å². The highest BCUT2D eigenvalue weighted by Gasteiger charge is 2.14. The second-order valence-corrected chi connectivity index (χ2v) is 3.78. The Morgan fingerprint density at radius 2 is 2.14 bits per heavy atom. The fourth-order valence-electron chi connectivity index (χ4n) is 1.69. The molecule has 0 N–H and O–H groups in total. The molecule has 76 valence electrons. The summed E-state index contributed by atoms with van der Waals surface area (Å²) < 4.78 is 0. The zero-order chi connectivity index (χ0) is 10.6. The molecule has 0 unspecified atom stereocenters. The monoisotopic (exact) mass is 189 g/mol. The Bertz CT molecular complexity index is 314. The van der Waals surface area contributed by atoms with E-state index in [0.29, 0.717) is 5.92 Å². The van der Waals surface area contributed by atoms with E-state index in [1.54, 1.807) is 0 Å². The van der Waals surface area contributed by atoms with E-state index in [9.17, 15) is 0 Å². The molecule has 0 spiro atoms. The summed E-state index contributed by atoms with van der Waals surface area (Å²) >= 11 is 0. The Morgan fingerprint density at radius 1 is 1.43 bits per heavy atom. The summed E-state index contributed by atoms with van der Waals surface area (Å²) in [7, 11) is 1.87. The molecular formula is C13H19N. The van der Waals surface area contributed by atoms with Crippen LogP contribution in [0.2, 0.25) is 0 Å². The fourth-order valence-corrected chi connectivity index (χ4v) is 1.69. The number of rotatable bonds is 2. The van der Waals surface area contributed by atoms with E-state index in [2.05, 4.69) is 50.1 Å². The third-order valence-corrected chi connectivity index (χ3v) is 2.37. The highest BCUT2D eigenvalue weighted by atomic mass is 14.7. The lowest BCUT2D eigenvalue weighted by molar-refractivity contribution is 0.801. The lowest BCUT2D eigenvalue weighted by atomic mass is 9.89. The average molecular weight is 189 g/mol. The Kier molecular flexibility index (Phi) is 3.87. The van der Waals surface area contributed by atoms with Crippen LogP contribution < -0.4 is 0 Å². The standard InChI is InChI=1S/C13H19N/c1-5-7-11-8-6-9-12(10(2)3)13(11)14-4/h6-10H,5H2,1-4H3/b11-7-,14-13?. The Morgan fingerprint density at radius 3 is 2.64 bits per heavy atom. The third-order valence-electron chi connectivity index (χ3n) is 2.37. The second-order valence-electron chi connectivity index (χ2n) is 3.78. The van der Waals surface area contributed by atoms with Gasteiger partial charge in [0.05, 0.1) is 5.71 Å². The normalized spacial score (nSPS) is 22.2. The van der Waals surface area contributed by atoms with Gasteiger partial charge in [-0.25, -0.2) is 0 Å². The summed E-state index contributed by atoms with van der Waals surface area (Å²) in [6.45, 7) is 6.57. The van der Waals surface area contributed by atoms with E-state index in [-0.39, 0.29) is 0 Å². The van der Waals surface area contributed by atoms with Gasteiger partial charge in [0.2, 0.25) is 0 Å². The van der Waals surface area contributed by atoms with Crippen molar-refractivity contribution in [1.29, 1.82) is 0 Å². The predicted molar refractivity (Wildman–Crippen MR) is 63.8 cm³/mol. The van der Waals surface area contributed by atoms with Gasteiger partial charge in [-0.05, 0) is 23.5 Å². The molecule has 0 atom stereocenters. The first-order valence-corrected chi connectivity index (χ1v) is 5.26. The summed E-state index contributed by atoms with van der Waals surface area (Å²) in [6.07, 6.45) is 9.71. The first-order chi connectivity index (χ1) is 6.70. The van der Waals surface area contributed by atoms with Crippen LogP contribution >= 0.6 is 0 Å². The van der Waals surface area contributed by atoms with E-state index in [0.717, 1.165) is 12.1 Å². The van der Waals surface area contributed by atoms with Gasteiger partial charge < -0.3 is 0 Å². The summed E-state index contributed by atoms with van der Waals surface area (Å²) in [6, 6.07) is 0. The first kappa shape index (κ1) is 11.0. The molecule has 0 fully saturated rings. The summed E-state index contributed by atoms with van der Waals surface area (Å²) in [4.78, 5) is 4.38. The Hall–Kier alpha value is -1.11. The van der Waals surface area contributed by atoms with Gasteiger partial charge >= 0.3 is 0 Å². The lowest BCUT2D eigenvalue weighted by Crippen LogP contribution is -2.13. The minimum Gasteiger partial charge on any atom is -0.288 e. The molecule has 0 amide bonds. The number of allylic oxidation sites excluding steroid dienone is 6. The van der Waals surface area contributed by atoms with Gasteiger partial charge in [0, 0.05) is 7.05 Å². The summed E-state index contributed by atoms with van der Waals surface area (Å²) in [5.74, 6) is 0.541. The third kappa shape index (κ3) is 2.22. The number of hydrogen-bond acceptors (Lipinski definition) is 1.